The predicted octanol–water partition coefficient (Wildman–Crippen LogP) is 4.96. The van der Waals surface area contributed by atoms with E-state index in [1.807, 2.05) is 59.7 Å². The van der Waals surface area contributed by atoms with Crippen LogP contribution in [0.3, 0.4) is 0 Å². The molecule has 1 aromatic heterocycles. The van der Waals surface area contributed by atoms with E-state index in [9.17, 15) is 9.59 Å². The van der Waals surface area contributed by atoms with Gasteiger partial charge in [0.1, 0.15) is 11.1 Å². The molecule has 2 aromatic carbocycles. The lowest BCUT2D eigenvalue weighted by Gasteiger charge is -2.25. The van der Waals surface area contributed by atoms with Crippen LogP contribution in [-0.2, 0) is 24.2 Å². The molecular formula is C31H40N4O5. The van der Waals surface area contributed by atoms with Gasteiger partial charge in [-0.05, 0) is 83.7 Å². The molecule has 1 amide bonds. The van der Waals surface area contributed by atoms with Crippen molar-refractivity contribution in [3.05, 3.63) is 68.6 Å². The summed E-state index contributed by atoms with van der Waals surface area (Å²) in [5.41, 5.74) is 6.50. The lowest BCUT2D eigenvalue weighted by atomic mass is 9.97. The average molecular weight is 549 g/mol. The van der Waals surface area contributed by atoms with E-state index >= 15 is 0 Å². The minimum absolute atomic E-state index is 0.192. The van der Waals surface area contributed by atoms with Gasteiger partial charge < -0.3 is 19.5 Å². The SMILES string of the molecule is CCOc1cc2c(cc1OC)-c1c/c(=N\c3c(C)cc(C)cc3C)n(CCNC(=O)OC(C)(C)C)c(=O)n1CC2. The number of fused-ring (bicyclic) bond motifs is 3. The summed E-state index contributed by atoms with van der Waals surface area (Å²) < 4.78 is 20.2. The Balaban J connectivity index is 1.86. The molecule has 0 bridgehead atoms. The Kier molecular flexibility index (Phi) is 8.42. The van der Waals surface area contributed by atoms with Gasteiger partial charge >= 0.3 is 11.8 Å². The van der Waals surface area contributed by atoms with Crippen LogP contribution in [0, 0.1) is 20.8 Å². The molecule has 1 N–H and O–H groups in total. The van der Waals surface area contributed by atoms with Crippen molar-refractivity contribution in [2.24, 2.45) is 4.99 Å². The first-order chi connectivity index (χ1) is 18.9. The number of hydrogen-bond acceptors (Lipinski definition) is 6. The van der Waals surface area contributed by atoms with E-state index in [0.717, 1.165) is 39.2 Å². The molecule has 0 atom stereocenters. The first-order valence-electron chi connectivity index (χ1n) is 13.7. The first-order valence-corrected chi connectivity index (χ1v) is 13.7. The maximum Gasteiger partial charge on any atom is 0.407 e. The molecule has 1 aliphatic heterocycles. The van der Waals surface area contributed by atoms with Crippen LogP contribution in [0.5, 0.6) is 11.5 Å². The van der Waals surface area contributed by atoms with Crippen LogP contribution in [-0.4, -0.2) is 41.1 Å². The van der Waals surface area contributed by atoms with Gasteiger partial charge in [0.15, 0.2) is 11.5 Å². The summed E-state index contributed by atoms with van der Waals surface area (Å²) >= 11 is 0. The first kappa shape index (κ1) is 29.0. The van der Waals surface area contributed by atoms with Gasteiger partial charge in [0.05, 0.1) is 25.1 Å². The summed E-state index contributed by atoms with van der Waals surface area (Å²) in [4.78, 5) is 31.2. The molecule has 214 valence electrons. The van der Waals surface area contributed by atoms with E-state index in [0.29, 0.717) is 36.6 Å². The van der Waals surface area contributed by atoms with Gasteiger partial charge in [-0.2, -0.15) is 0 Å². The molecule has 40 heavy (non-hydrogen) atoms. The summed E-state index contributed by atoms with van der Waals surface area (Å²) in [5.74, 6) is 1.30. The van der Waals surface area contributed by atoms with Crippen LogP contribution >= 0.6 is 0 Å². The monoisotopic (exact) mass is 548 g/mol. The number of carbonyl (C=O) groups is 1. The Hall–Kier alpha value is -4.01. The van der Waals surface area contributed by atoms with Crippen molar-refractivity contribution in [2.45, 2.75) is 73.6 Å². The molecule has 0 spiro atoms. The number of ether oxygens (including phenoxy) is 3. The molecule has 0 saturated carbocycles. The zero-order valence-electron chi connectivity index (χ0n) is 24.8. The second-order valence-corrected chi connectivity index (χ2v) is 11.1. The van der Waals surface area contributed by atoms with Crippen molar-refractivity contribution in [3.8, 4) is 22.8 Å². The number of amides is 1. The largest absolute Gasteiger partial charge is 0.493 e. The van der Waals surface area contributed by atoms with Crippen molar-refractivity contribution in [1.82, 2.24) is 14.5 Å². The topological polar surface area (TPSA) is 96.1 Å². The Morgan fingerprint density at radius 1 is 1.05 bits per heavy atom. The van der Waals surface area contributed by atoms with Crippen LogP contribution in [0.1, 0.15) is 49.9 Å². The Bertz CT molecular complexity index is 1540. The van der Waals surface area contributed by atoms with Gasteiger partial charge in [0.2, 0.25) is 0 Å². The highest BCUT2D eigenvalue weighted by Crippen LogP contribution is 2.37. The summed E-state index contributed by atoms with van der Waals surface area (Å²) in [5, 5.41) is 2.76. The number of methoxy groups -OCH3 is 1. The third-order valence-electron chi connectivity index (χ3n) is 6.73. The molecular weight excluding hydrogens is 508 g/mol. The quantitative estimate of drug-likeness (QED) is 0.450. The predicted molar refractivity (Wildman–Crippen MR) is 156 cm³/mol. The Morgan fingerprint density at radius 3 is 2.38 bits per heavy atom. The number of aryl methyl sites for hydroxylation is 4. The minimum atomic E-state index is -0.611. The minimum Gasteiger partial charge on any atom is -0.493 e. The fourth-order valence-corrected chi connectivity index (χ4v) is 5.12. The van der Waals surface area contributed by atoms with E-state index in [4.69, 9.17) is 19.2 Å². The molecule has 9 heteroatoms. The van der Waals surface area contributed by atoms with Crippen LogP contribution < -0.4 is 26.0 Å². The highest BCUT2D eigenvalue weighted by molar-refractivity contribution is 5.70. The number of aromatic nitrogens is 2. The van der Waals surface area contributed by atoms with Crippen LogP contribution in [0.25, 0.3) is 11.3 Å². The second kappa shape index (κ2) is 11.6. The summed E-state index contributed by atoms with van der Waals surface area (Å²) in [6.45, 7) is 15.0. The summed E-state index contributed by atoms with van der Waals surface area (Å²) in [6.07, 6.45) is 0.149. The molecule has 3 aromatic rings. The number of alkyl carbamates (subject to hydrolysis) is 1. The highest BCUT2D eigenvalue weighted by atomic mass is 16.6. The van der Waals surface area contributed by atoms with Crippen LogP contribution in [0.2, 0.25) is 0 Å². The zero-order valence-corrected chi connectivity index (χ0v) is 24.8. The Labute approximate surface area is 235 Å². The molecule has 0 saturated heterocycles. The van der Waals surface area contributed by atoms with Crippen LogP contribution in [0.15, 0.2) is 40.1 Å². The van der Waals surface area contributed by atoms with Crippen molar-refractivity contribution >= 4 is 11.8 Å². The molecule has 9 nitrogen and oxygen atoms in total. The number of benzene rings is 2. The van der Waals surface area contributed by atoms with E-state index in [1.54, 1.807) is 16.2 Å². The van der Waals surface area contributed by atoms with E-state index in [2.05, 4.69) is 24.4 Å². The molecule has 0 aliphatic carbocycles. The third-order valence-corrected chi connectivity index (χ3v) is 6.73. The molecule has 0 unspecified atom stereocenters. The number of hydrogen-bond donors (Lipinski definition) is 1. The van der Waals surface area contributed by atoms with Gasteiger partial charge in [-0.1, -0.05) is 17.7 Å². The maximum absolute atomic E-state index is 14.0. The molecule has 2 heterocycles. The molecule has 1 aliphatic rings. The second-order valence-electron chi connectivity index (χ2n) is 11.1. The normalized spacial score (nSPS) is 12.9. The maximum atomic E-state index is 14.0. The summed E-state index contributed by atoms with van der Waals surface area (Å²) in [6, 6.07) is 10.1. The van der Waals surface area contributed by atoms with Crippen molar-refractivity contribution in [1.29, 1.82) is 0 Å². The molecule has 4 rings (SSSR count). The summed E-state index contributed by atoms with van der Waals surface area (Å²) in [7, 11) is 1.61. The van der Waals surface area contributed by atoms with E-state index in [-0.39, 0.29) is 18.8 Å². The number of nitrogens with one attached hydrogen (secondary N) is 1. The zero-order chi connectivity index (χ0) is 29.2. The highest BCUT2D eigenvalue weighted by Gasteiger charge is 2.23. The average Bonchev–Trinajstić information content (AvgIpc) is 2.86. The van der Waals surface area contributed by atoms with Crippen LogP contribution in [0.4, 0.5) is 10.5 Å². The lowest BCUT2D eigenvalue weighted by molar-refractivity contribution is 0.0525. The van der Waals surface area contributed by atoms with Gasteiger partial charge in [0, 0.05) is 31.3 Å². The Morgan fingerprint density at radius 2 is 1.75 bits per heavy atom. The smallest absolute Gasteiger partial charge is 0.407 e. The van der Waals surface area contributed by atoms with Crippen molar-refractivity contribution in [2.75, 3.05) is 20.3 Å². The molecule has 0 radical (unpaired) electrons. The molecule has 0 fully saturated rings. The van der Waals surface area contributed by atoms with E-state index < -0.39 is 11.7 Å². The van der Waals surface area contributed by atoms with Gasteiger partial charge in [-0.25, -0.2) is 14.6 Å². The van der Waals surface area contributed by atoms with Crippen molar-refractivity contribution < 1.29 is 19.0 Å². The fraction of sp³-hybridized carbons (Fsp3) is 0.452. The van der Waals surface area contributed by atoms with E-state index in [1.165, 1.54) is 0 Å². The van der Waals surface area contributed by atoms with Gasteiger partial charge in [-0.3, -0.25) is 9.13 Å². The number of carbonyl (C=O) groups excluding carboxylic acids is 1. The van der Waals surface area contributed by atoms with Crippen molar-refractivity contribution in [3.63, 3.8) is 0 Å². The number of nitrogens with zero attached hydrogens (tertiary/aromatic N) is 3. The lowest BCUT2D eigenvalue weighted by Crippen LogP contribution is -2.44. The standard InChI is InChI=1S/C31H40N4O5/c1-9-39-26-16-22-10-12-34-24(23(22)17-25(26)38-8)18-27(33-28-20(3)14-19(2)15-21(28)4)35(30(34)37)13-11-32-29(36)40-31(5,6)7/h14-18H,9-13H2,1-8H3,(H,32,36)/b33-27+. The van der Waals surface area contributed by atoms with Gasteiger partial charge in [0.25, 0.3) is 0 Å². The fourth-order valence-electron chi connectivity index (χ4n) is 5.12. The van der Waals surface area contributed by atoms with Gasteiger partial charge in [-0.15, -0.1) is 0 Å². The third kappa shape index (κ3) is 6.24. The number of rotatable bonds is 7.